The van der Waals surface area contributed by atoms with E-state index in [4.69, 9.17) is 16.7 Å². The highest BCUT2D eigenvalue weighted by Gasteiger charge is 2.18. The molecule has 1 N–H and O–H groups in total. The minimum absolute atomic E-state index is 0.0252. The van der Waals surface area contributed by atoms with E-state index in [1.54, 1.807) is 24.3 Å². The van der Waals surface area contributed by atoms with Gasteiger partial charge in [-0.3, -0.25) is 4.79 Å². The van der Waals surface area contributed by atoms with E-state index < -0.39 is 21.7 Å². The molecule has 0 saturated heterocycles. The Morgan fingerprint density at radius 3 is 2.37 bits per heavy atom. The van der Waals surface area contributed by atoms with Crippen LogP contribution in [-0.4, -0.2) is 31.5 Å². The number of hydrogen-bond donors (Lipinski definition) is 1. The van der Waals surface area contributed by atoms with E-state index in [0.717, 1.165) is 11.8 Å². The molecule has 1 aromatic carbocycles. The minimum Gasteiger partial charge on any atom is -0.481 e. The van der Waals surface area contributed by atoms with Gasteiger partial charge in [0, 0.05) is 17.0 Å². The molecule has 0 fully saturated rings. The number of hydrogen-bond acceptors (Lipinski definition) is 3. The van der Waals surface area contributed by atoms with Gasteiger partial charge in [-0.25, -0.2) is 8.42 Å². The lowest BCUT2D eigenvalue weighted by atomic mass is 9.95. The van der Waals surface area contributed by atoms with Gasteiger partial charge >= 0.3 is 5.97 Å². The van der Waals surface area contributed by atoms with Crippen LogP contribution in [0.1, 0.15) is 18.4 Å². The summed E-state index contributed by atoms with van der Waals surface area (Å²) in [5.74, 6) is -1.44. The fourth-order valence-corrected chi connectivity index (χ4v) is 2.63. The highest BCUT2D eigenvalue weighted by molar-refractivity contribution is 7.90. The van der Waals surface area contributed by atoms with Crippen molar-refractivity contribution in [2.75, 3.05) is 12.0 Å². The predicted octanol–water partition coefficient (Wildman–Crippen LogP) is 2.41. The van der Waals surface area contributed by atoms with E-state index >= 15 is 0 Å². The zero-order chi connectivity index (χ0) is 14.5. The quantitative estimate of drug-likeness (QED) is 0.839. The number of carbonyl (C=O) groups is 1. The third kappa shape index (κ3) is 6.59. The average molecular weight is 305 g/mol. The zero-order valence-corrected chi connectivity index (χ0v) is 12.2. The van der Waals surface area contributed by atoms with Crippen LogP contribution >= 0.6 is 11.6 Å². The van der Waals surface area contributed by atoms with Crippen LogP contribution in [0.25, 0.3) is 0 Å². The average Bonchev–Trinajstić information content (AvgIpc) is 2.28. The monoisotopic (exact) mass is 304 g/mol. The molecule has 6 heteroatoms. The summed E-state index contributed by atoms with van der Waals surface area (Å²) in [7, 11) is -3.03. The summed E-state index contributed by atoms with van der Waals surface area (Å²) in [6.45, 7) is 0. The second-order valence-corrected chi connectivity index (χ2v) is 7.33. The zero-order valence-electron chi connectivity index (χ0n) is 10.7. The van der Waals surface area contributed by atoms with Crippen LogP contribution < -0.4 is 0 Å². The first-order valence-electron chi connectivity index (χ1n) is 5.93. The van der Waals surface area contributed by atoms with Gasteiger partial charge in [-0.2, -0.15) is 0 Å². The molecular weight excluding hydrogens is 288 g/mol. The Balaban J connectivity index is 2.58. The Hall–Kier alpha value is -1.07. The highest BCUT2D eigenvalue weighted by Crippen LogP contribution is 2.17. The van der Waals surface area contributed by atoms with Crippen LogP contribution in [0.15, 0.2) is 24.3 Å². The SMILES string of the molecule is CS(=O)(=O)CCCC(Cc1ccc(Cl)cc1)C(=O)O. The van der Waals surface area contributed by atoms with Crippen molar-refractivity contribution < 1.29 is 18.3 Å². The molecule has 106 valence electrons. The Bertz CT molecular complexity index is 522. The molecule has 1 atom stereocenters. The van der Waals surface area contributed by atoms with Crippen molar-refractivity contribution in [2.45, 2.75) is 19.3 Å². The topological polar surface area (TPSA) is 71.4 Å². The van der Waals surface area contributed by atoms with Gasteiger partial charge in [0.05, 0.1) is 5.92 Å². The first kappa shape index (κ1) is 16.0. The third-order valence-corrected chi connectivity index (χ3v) is 4.09. The summed E-state index contributed by atoms with van der Waals surface area (Å²) in [4.78, 5) is 11.2. The lowest BCUT2D eigenvalue weighted by Gasteiger charge is -2.12. The molecule has 0 aliphatic heterocycles. The Morgan fingerprint density at radius 2 is 1.89 bits per heavy atom. The standard InChI is InChI=1S/C13H17ClO4S/c1-19(17,18)8-2-3-11(13(15)16)9-10-4-6-12(14)7-5-10/h4-7,11H,2-3,8-9H2,1H3,(H,15,16). The fraction of sp³-hybridized carbons (Fsp3) is 0.462. The first-order valence-corrected chi connectivity index (χ1v) is 8.37. The van der Waals surface area contributed by atoms with Crippen LogP contribution in [0.5, 0.6) is 0 Å². The molecule has 1 rings (SSSR count). The largest absolute Gasteiger partial charge is 0.481 e. The molecule has 1 unspecified atom stereocenters. The van der Waals surface area contributed by atoms with Crippen molar-refractivity contribution in [3.63, 3.8) is 0 Å². The molecule has 0 saturated carbocycles. The van der Waals surface area contributed by atoms with Crippen molar-refractivity contribution >= 4 is 27.4 Å². The maximum atomic E-state index is 11.2. The Kier molecular flexibility index (Phi) is 5.82. The van der Waals surface area contributed by atoms with Gasteiger partial charge in [0.25, 0.3) is 0 Å². The van der Waals surface area contributed by atoms with E-state index in [1.165, 1.54) is 0 Å². The van der Waals surface area contributed by atoms with Gasteiger partial charge < -0.3 is 5.11 Å². The summed E-state index contributed by atoms with van der Waals surface area (Å²) < 4.78 is 22.0. The summed E-state index contributed by atoms with van der Waals surface area (Å²) in [5, 5.41) is 9.75. The van der Waals surface area contributed by atoms with E-state index in [1.807, 2.05) is 0 Å². The maximum absolute atomic E-state index is 11.2. The van der Waals surface area contributed by atoms with Crippen LogP contribution in [0.4, 0.5) is 0 Å². The lowest BCUT2D eigenvalue weighted by Crippen LogP contribution is -2.18. The van der Waals surface area contributed by atoms with Crippen molar-refractivity contribution in [1.29, 1.82) is 0 Å². The Labute approximate surface area is 118 Å². The second-order valence-electron chi connectivity index (χ2n) is 4.64. The van der Waals surface area contributed by atoms with E-state index in [0.29, 0.717) is 24.3 Å². The lowest BCUT2D eigenvalue weighted by molar-refractivity contribution is -0.141. The third-order valence-electron chi connectivity index (χ3n) is 2.81. The molecule has 0 aliphatic carbocycles. The fourth-order valence-electron chi connectivity index (χ4n) is 1.81. The Morgan fingerprint density at radius 1 is 1.32 bits per heavy atom. The number of benzene rings is 1. The van der Waals surface area contributed by atoms with Crippen molar-refractivity contribution in [2.24, 2.45) is 5.92 Å². The molecule has 0 amide bonds. The summed E-state index contributed by atoms with van der Waals surface area (Å²) in [6, 6.07) is 7.00. The van der Waals surface area contributed by atoms with Gasteiger partial charge in [0.15, 0.2) is 0 Å². The van der Waals surface area contributed by atoms with E-state index in [2.05, 4.69) is 0 Å². The number of carboxylic acid groups (broad SMARTS) is 1. The molecule has 1 aromatic rings. The van der Waals surface area contributed by atoms with Crippen molar-refractivity contribution in [3.05, 3.63) is 34.9 Å². The summed E-state index contributed by atoms with van der Waals surface area (Å²) >= 11 is 5.76. The van der Waals surface area contributed by atoms with Gasteiger partial charge in [0.2, 0.25) is 0 Å². The van der Waals surface area contributed by atoms with Gasteiger partial charge in [-0.1, -0.05) is 23.7 Å². The molecule has 0 bridgehead atoms. The molecule has 0 spiro atoms. The molecule has 19 heavy (non-hydrogen) atoms. The minimum atomic E-state index is -3.03. The van der Waals surface area contributed by atoms with Crippen molar-refractivity contribution in [3.8, 4) is 0 Å². The van der Waals surface area contributed by atoms with E-state index in [-0.39, 0.29) is 5.75 Å². The number of sulfone groups is 1. The number of rotatable bonds is 7. The smallest absolute Gasteiger partial charge is 0.306 e. The molecule has 0 aromatic heterocycles. The van der Waals surface area contributed by atoms with Gasteiger partial charge in [-0.05, 0) is 37.0 Å². The molecule has 0 aliphatic rings. The summed E-state index contributed by atoms with van der Waals surface area (Å²) in [5.41, 5.74) is 0.885. The first-order chi connectivity index (χ1) is 8.78. The molecular formula is C13H17ClO4S. The number of halogens is 1. The van der Waals surface area contributed by atoms with Crippen LogP contribution in [0.2, 0.25) is 5.02 Å². The van der Waals surface area contributed by atoms with Crippen molar-refractivity contribution in [1.82, 2.24) is 0 Å². The van der Waals surface area contributed by atoms with Crippen LogP contribution in [-0.2, 0) is 21.1 Å². The summed E-state index contributed by atoms with van der Waals surface area (Å²) in [6.07, 6.45) is 2.26. The molecule has 4 nitrogen and oxygen atoms in total. The van der Waals surface area contributed by atoms with E-state index in [9.17, 15) is 13.2 Å². The number of aliphatic carboxylic acids is 1. The van der Waals surface area contributed by atoms with Crippen LogP contribution in [0, 0.1) is 5.92 Å². The van der Waals surface area contributed by atoms with Gasteiger partial charge in [0.1, 0.15) is 9.84 Å². The van der Waals surface area contributed by atoms with Crippen LogP contribution in [0.3, 0.4) is 0 Å². The maximum Gasteiger partial charge on any atom is 0.306 e. The normalized spacial score (nSPS) is 13.2. The molecule has 0 radical (unpaired) electrons. The van der Waals surface area contributed by atoms with Gasteiger partial charge in [-0.15, -0.1) is 0 Å². The highest BCUT2D eigenvalue weighted by atomic mass is 35.5. The second kappa shape index (κ2) is 6.91. The number of carboxylic acids is 1. The predicted molar refractivity (Wildman–Crippen MR) is 75.2 cm³/mol. The molecule has 0 heterocycles.